The van der Waals surface area contributed by atoms with Crippen molar-refractivity contribution < 1.29 is 28.5 Å². The number of pyridine rings is 1. The fourth-order valence-corrected chi connectivity index (χ4v) is 4.65. The summed E-state index contributed by atoms with van der Waals surface area (Å²) in [6.45, 7) is 1.12. The molecule has 202 valence electrons. The third-order valence-corrected chi connectivity index (χ3v) is 6.52. The Morgan fingerprint density at radius 1 is 1.08 bits per heavy atom. The number of para-hydroxylation sites is 1. The number of nitrogens with zero attached hydrogens (tertiary/aromatic N) is 2. The molecule has 3 amide bonds. The quantitative estimate of drug-likeness (QED) is 0.402. The van der Waals surface area contributed by atoms with E-state index in [1.807, 2.05) is 48.5 Å². The summed E-state index contributed by atoms with van der Waals surface area (Å²) in [7, 11) is 1.52. The number of amides is 3. The topological polar surface area (TPSA) is 120 Å². The number of hydrogen-bond donors (Lipinski definition) is 2. The number of fused-ring (bicyclic) bond motifs is 1. The Labute approximate surface area is 226 Å². The Morgan fingerprint density at radius 2 is 1.92 bits per heavy atom. The summed E-state index contributed by atoms with van der Waals surface area (Å²) in [5.41, 5.74) is 2.76. The van der Waals surface area contributed by atoms with Gasteiger partial charge in [0.25, 0.3) is 0 Å². The number of nitrogens with one attached hydrogen (secondary N) is 2. The Hall–Kier alpha value is -4.60. The maximum Gasteiger partial charge on any atom is 0.433 e. The molecule has 1 aliphatic heterocycles. The number of carbonyl (C=O) groups excluding carboxylic acids is 2. The van der Waals surface area contributed by atoms with Gasteiger partial charge in [-0.05, 0) is 48.9 Å². The Morgan fingerprint density at radius 3 is 2.77 bits per heavy atom. The molecule has 2 N–H and O–H groups in total. The molecule has 1 aromatic heterocycles. The maximum atomic E-state index is 12.8. The predicted octanol–water partition coefficient (Wildman–Crippen LogP) is 5.23. The first-order valence-electron chi connectivity index (χ1n) is 12.8. The van der Waals surface area contributed by atoms with Crippen molar-refractivity contribution in [3.05, 3.63) is 66.2 Å². The first kappa shape index (κ1) is 26.0. The lowest BCUT2D eigenvalue weighted by Crippen LogP contribution is -2.36. The van der Waals surface area contributed by atoms with Crippen molar-refractivity contribution in [1.29, 1.82) is 0 Å². The highest BCUT2D eigenvalue weighted by molar-refractivity contribution is 5.90. The van der Waals surface area contributed by atoms with Crippen molar-refractivity contribution in [2.45, 2.75) is 31.9 Å². The number of aromatic nitrogens is 1. The highest BCUT2D eigenvalue weighted by atomic mass is 16.6. The summed E-state index contributed by atoms with van der Waals surface area (Å²) in [5, 5.41) is 5.89. The second-order valence-electron chi connectivity index (χ2n) is 9.30. The molecule has 1 unspecified atom stereocenters. The van der Waals surface area contributed by atoms with Gasteiger partial charge in [0.15, 0.2) is 11.5 Å². The number of rotatable bonds is 7. The number of carbonyl (C=O) groups is 2. The van der Waals surface area contributed by atoms with Gasteiger partial charge in [-0.25, -0.2) is 14.6 Å². The van der Waals surface area contributed by atoms with Crippen LogP contribution in [0, 0.1) is 5.92 Å². The van der Waals surface area contributed by atoms with Crippen LogP contribution in [0.25, 0.3) is 11.3 Å². The first-order chi connectivity index (χ1) is 19.1. The van der Waals surface area contributed by atoms with E-state index in [-0.39, 0.29) is 24.6 Å². The summed E-state index contributed by atoms with van der Waals surface area (Å²) >= 11 is 0. The zero-order chi connectivity index (χ0) is 27.0. The van der Waals surface area contributed by atoms with Gasteiger partial charge < -0.3 is 29.6 Å². The molecule has 10 heteroatoms. The molecule has 3 aromatic rings. The smallest absolute Gasteiger partial charge is 0.433 e. The fraction of sp³-hybridized carbons (Fsp3) is 0.310. The van der Waals surface area contributed by atoms with E-state index in [4.69, 9.17) is 18.9 Å². The van der Waals surface area contributed by atoms with E-state index in [0.29, 0.717) is 48.4 Å². The molecule has 0 saturated heterocycles. The van der Waals surface area contributed by atoms with E-state index < -0.39 is 6.09 Å². The minimum atomic E-state index is -0.618. The lowest BCUT2D eigenvalue weighted by molar-refractivity contribution is 0.151. The van der Waals surface area contributed by atoms with E-state index in [9.17, 15) is 9.59 Å². The molecule has 1 saturated carbocycles. The molecule has 2 aliphatic rings. The highest BCUT2D eigenvalue weighted by Crippen LogP contribution is 2.40. The van der Waals surface area contributed by atoms with E-state index in [0.717, 1.165) is 24.0 Å². The molecule has 1 fully saturated rings. The molecule has 2 atom stereocenters. The van der Waals surface area contributed by atoms with Gasteiger partial charge in [0.2, 0.25) is 5.88 Å². The van der Waals surface area contributed by atoms with E-state index in [1.54, 1.807) is 18.3 Å². The number of anilines is 1. The van der Waals surface area contributed by atoms with Crippen LogP contribution in [0.1, 0.15) is 24.8 Å². The molecule has 39 heavy (non-hydrogen) atoms. The van der Waals surface area contributed by atoms with Gasteiger partial charge in [-0.2, -0.15) is 4.99 Å². The van der Waals surface area contributed by atoms with Gasteiger partial charge in [-0.1, -0.05) is 36.4 Å². The zero-order valence-corrected chi connectivity index (χ0v) is 21.6. The van der Waals surface area contributed by atoms with Crippen LogP contribution in [-0.2, 0) is 11.3 Å². The standard InChI is InChI=1S/C29H30N4O6/c1-36-26-16-22(15-24(33-26)23-8-5-9-25-27(23)38-13-12-37-25)32-28(34)31-21-11-10-20(14-21)17-30-29(35)39-18-19-6-3-2-4-7-19/h2-9,15-17,20-21H,10-14,18H2,1H3,(H2,31,32,33,34)/b30-17+/t20?,21-/m1/s1. The van der Waals surface area contributed by atoms with E-state index >= 15 is 0 Å². The van der Waals surface area contributed by atoms with Crippen molar-refractivity contribution in [2.24, 2.45) is 10.9 Å². The lowest BCUT2D eigenvalue weighted by atomic mass is 10.1. The van der Waals surface area contributed by atoms with Crippen LogP contribution in [0.3, 0.4) is 0 Å². The molecule has 0 spiro atoms. The van der Waals surface area contributed by atoms with Crippen LogP contribution in [0.15, 0.2) is 65.7 Å². The van der Waals surface area contributed by atoms with Gasteiger partial charge >= 0.3 is 12.1 Å². The highest BCUT2D eigenvalue weighted by Gasteiger charge is 2.25. The number of aliphatic imine (C=N–C) groups is 1. The summed E-state index contributed by atoms with van der Waals surface area (Å²) in [6.07, 6.45) is 3.28. The zero-order valence-electron chi connectivity index (χ0n) is 21.6. The van der Waals surface area contributed by atoms with Crippen molar-refractivity contribution in [3.8, 4) is 28.6 Å². The average Bonchev–Trinajstić information content (AvgIpc) is 3.41. The largest absolute Gasteiger partial charge is 0.486 e. The average molecular weight is 531 g/mol. The summed E-state index contributed by atoms with van der Waals surface area (Å²) < 4.78 is 22.1. The van der Waals surface area contributed by atoms with Crippen molar-refractivity contribution >= 4 is 24.0 Å². The first-order valence-corrected chi connectivity index (χ1v) is 12.8. The normalized spacial score (nSPS) is 18.0. The predicted molar refractivity (Wildman–Crippen MR) is 146 cm³/mol. The molecule has 5 rings (SSSR count). The Balaban J connectivity index is 1.15. The number of urea groups is 1. The second kappa shape index (κ2) is 12.3. The second-order valence-corrected chi connectivity index (χ2v) is 9.30. The maximum absolute atomic E-state index is 12.8. The van der Waals surface area contributed by atoms with Crippen LogP contribution < -0.4 is 24.8 Å². The van der Waals surface area contributed by atoms with Crippen molar-refractivity contribution in [2.75, 3.05) is 25.6 Å². The van der Waals surface area contributed by atoms with Crippen molar-refractivity contribution in [1.82, 2.24) is 10.3 Å². The molecule has 2 aromatic carbocycles. The summed E-state index contributed by atoms with van der Waals surface area (Å²) in [6, 6.07) is 18.1. The minimum absolute atomic E-state index is 0.0447. The van der Waals surface area contributed by atoms with Gasteiger partial charge in [-0.15, -0.1) is 0 Å². The summed E-state index contributed by atoms with van der Waals surface area (Å²) in [5.74, 6) is 1.70. The van der Waals surface area contributed by atoms with Gasteiger partial charge in [0, 0.05) is 29.6 Å². The van der Waals surface area contributed by atoms with Gasteiger partial charge in [0.1, 0.15) is 19.8 Å². The van der Waals surface area contributed by atoms with Gasteiger partial charge in [0.05, 0.1) is 12.8 Å². The number of hydrogen-bond acceptors (Lipinski definition) is 7. The number of ether oxygens (including phenoxy) is 4. The lowest BCUT2D eigenvalue weighted by Gasteiger charge is -2.21. The number of benzene rings is 2. The van der Waals surface area contributed by atoms with Crippen LogP contribution in [0.2, 0.25) is 0 Å². The molecule has 0 radical (unpaired) electrons. The number of methoxy groups -OCH3 is 1. The summed E-state index contributed by atoms with van der Waals surface area (Å²) in [4.78, 5) is 33.2. The third kappa shape index (κ3) is 6.84. The fourth-order valence-electron chi connectivity index (χ4n) is 4.65. The molecule has 2 heterocycles. The molecule has 10 nitrogen and oxygen atoms in total. The third-order valence-electron chi connectivity index (χ3n) is 6.52. The molecule has 1 aliphatic carbocycles. The van der Waals surface area contributed by atoms with Crippen LogP contribution in [-0.4, -0.2) is 49.7 Å². The Kier molecular flexibility index (Phi) is 8.20. The van der Waals surface area contributed by atoms with E-state index in [1.165, 1.54) is 7.11 Å². The van der Waals surface area contributed by atoms with Crippen LogP contribution in [0.5, 0.6) is 17.4 Å². The molecular weight excluding hydrogens is 500 g/mol. The van der Waals surface area contributed by atoms with Crippen LogP contribution in [0.4, 0.5) is 15.3 Å². The molecule has 0 bridgehead atoms. The minimum Gasteiger partial charge on any atom is -0.486 e. The van der Waals surface area contributed by atoms with Crippen molar-refractivity contribution in [3.63, 3.8) is 0 Å². The monoisotopic (exact) mass is 530 g/mol. The molecular formula is C29H30N4O6. The van der Waals surface area contributed by atoms with Gasteiger partial charge in [-0.3, -0.25) is 0 Å². The Bertz CT molecular complexity index is 1350. The SMILES string of the molecule is COc1cc(NC(=O)N[C@@H]2CCC(/C=N/C(=O)OCc3ccccc3)C2)cc(-c2cccc3c2OCCO3)n1. The van der Waals surface area contributed by atoms with Crippen LogP contribution >= 0.6 is 0 Å². The van der Waals surface area contributed by atoms with E-state index in [2.05, 4.69) is 20.6 Å².